The number of nitrogens with one attached hydrogen (secondary N) is 1. The molecule has 1 aromatic heterocycles. The molecule has 26 heavy (non-hydrogen) atoms. The summed E-state index contributed by atoms with van der Waals surface area (Å²) in [6.45, 7) is 0.0896. The maximum Gasteiger partial charge on any atom is 0.325 e. The molecule has 0 aliphatic carbocycles. The lowest BCUT2D eigenvalue weighted by molar-refractivity contribution is -0.127. The maximum absolute atomic E-state index is 12.6. The second kappa shape index (κ2) is 6.84. The van der Waals surface area contributed by atoms with Crippen molar-refractivity contribution in [1.82, 2.24) is 15.4 Å². The fraction of sp³-hybridized carbons (Fsp3) is 0.150. The highest BCUT2D eigenvalue weighted by molar-refractivity contribution is 6.04. The monoisotopic (exact) mass is 347 g/mol. The molecular formula is C20H17N3O3. The van der Waals surface area contributed by atoms with Gasteiger partial charge < -0.3 is 9.84 Å². The van der Waals surface area contributed by atoms with Crippen LogP contribution in [0.2, 0.25) is 0 Å². The molecule has 0 spiro atoms. The zero-order valence-electron chi connectivity index (χ0n) is 14.0. The molecule has 1 saturated heterocycles. The van der Waals surface area contributed by atoms with Crippen LogP contribution >= 0.6 is 0 Å². The summed E-state index contributed by atoms with van der Waals surface area (Å²) < 4.78 is 5.33. The summed E-state index contributed by atoms with van der Waals surface area (Å²) in [4.78, 5) is 26.0. The highest BCUT2D eigenvalue weighted by atomic mass is 16.5. The number of rotatable bonds is 5. The maximum atomic E-state index is 12.6. The molecule has 1 aliphatic rings. The van der Waals surface area contributed by atoms with Crippen molar-refractivity contribution in [2.24, 2.45) is 0 Å². The lowest BCUT2D eigenvalue weighted by Crippen LogP contribution is -2.32. The van der Waals surface area contributed by atoms with Crippen molar-refractivity contribution in [2.45, 2.75) is 19.0 Å². The van der Waals surface area contributed by atoms with E-state index in [1.165, 1.54) is 4.90 Å². The van der Waals surface area contributed by atoms with Crippen molar-refractivity contribution in [3.05, 3.63) is 78.0 Å². The first-order chi connectivity index (χ1) is 12.7. The number of urea groups is 1. The van der Waals surface area contributed by atoms with Gasteiger partial charge in [0, 0.05) is 18.1 Å². The molecule has 2 heterocycles. The second-order valence-corrected chi connectivity index (χ2v) is 6.16. The molecule has 0 bridgehead atoms. The highest BCUT2D eigenvalue weighted by Crippen LogP contribution is 2.21. The third-order valence-electron chi connectivity index (χ3n) is 4.33. The molecule has 3 aromatic rings. The number of aromatic nitrogens is 1. The van der Waals surface area contributed by atoms with Crippen molar-refractivity contribution >= 4 is 11.9 Å². The van der Waals surface area contributed by atoms with Crippen molar-refractivity contribution in [3.63, 3.8) is 0 Å². The predicted octanol–water partition coefficient (Wildman–Crippen LogP) is 3.00. The van der Waals surface area contributed by atoms with Crippen molar-refractivity contribution in [2.75, 3.05) is 0 Å². The van der Waals surface area contributed by atoms with Gasteiger partial charge in [-0.05, 0) is 5.56 Å². The van der Waals surface area contributed by atoms with E-state index in [-0.39, 0.29) is 12.5 Å². The van der Waals surface area contributed by atoms with E-state index in [9.17, 15) is 9.59 Å². The second-order valence-electron chi connectivity index (χ2n) is 6.16. The Labute approximate surface area is 150 Å². The number of hydrogen-bond donors (Lipinski definition) is 1. The van der Waals surface area contributed by atoms with E-state index >= 15 is 0 Å². The van der Waals surface area contributed by atoms with Crippen LogP contribution in [0.25, 0.3) is 11.3 Å². The zero-order chi connectivity index (χ0) is 17.9. The van der Waals surface area contributed by atoms with E-state index in [2.05, 4.69) is 10.5 Å². The minimum absolute atomic E-state index is 0.0896. The Balaban J connectivity index is 1.46. The number of imide groups is 1. The summed E-state index contributed by atoms with van der Waals surface area (Å²) >= 11 is 0. The Morgan fingerprint density at radius 1 is 1.00 bits per heavy atom. The Hall–Kier alpha value is -3.41. The molecule has 1 aliphatic heterocycles. The van der Waals surface area contributed by atoms with E-state index in [1.54, 1.807) is 6.07 Å². The summed E-state index contributed by atoms with van der Waals surface area (Å²) in [5.74, 6) is 0.358. The van der Waals surface area contributed by atoms with Gasteiger partial charge in [0.05, 0.1) is 6.54 Å². The van der Waals surface area contributed by atoms with Crippen LogP contribution in [0.15, 0.2) is 71.3 Å². The van der Waals surface area contributed by atoms with Crippen LogP contribution < -0.4 is 5.32 Å². The zero-order valence-corrected chi connectivity index (χ0v) is 14.0. The van der Waals surface area contributed by atoms with E-state index in [0.717, 1.165) is 11.1 Å². The Kier molecular flexibility index (Phi) is 4.23. The summed E-state index contributed by atoms with van der Waals surface area (Å²) in [6.07, 6.45) is 0.468. The lowest BCUT2D eigenvalue weighted by atomic mass is 10.1. The average molecular weight is 347 g/mol. The Bertz CT molecular complexity index is 922. The number of nitrogens with zero attached hydrogens (tertiary/aromatic N) is 2. The molecule has 1 N–H and O–H groups in total. The topological polar surface area (TPSA) is 75.4 Å². The average Bonchev–Trinajstić information content (AvgIpc) is 3.24. The normalized spacial score (nSPS) is 16.8. The van der Waals surface area contributed by atoms with Crippen LogP contribution in [0.4, 0.5) is 4.79 Å². The number of carbonyl (C=O) groups is 2. The molecular weight excluding hydrogens is 330 g/mol. The minimum atomic E-state index is -0.551. The summed E-state index contributed by atoms with van der Waals surface area (Å²) in [6, 6.07) is 20.0. The Morgan fingerprint density at radius 2 is 1.69 bits per heavy atom. The van der Waals surface area contributed by atoms with Crippen LogP contribution in [0.3, 0.4) is 0 Å². The molecule has 6 nitrogen and oxygen atoms in total. The molecule has 1 atom stereocenters. The molecule has 0 saturated carbocycles. The first kappa shape index (κ1) is 16.1. The van der Waals surface area contributed by atoms with Gasteiger partial charge in [0.2, 0.25) is 0 Å². The van der Waals surface area contributed by atoms with Gasteiger partial charge in [0.1, 0.15) is 11.7 Å². The summed E-state index contributed by atoms with van der Waals surface area (Å²) in [5, 5.41) is 6.73. The first-order valence-corrected chi connectivity index (χ1v) is 8.37. The quantitative estimate of drug-likeness (QED) is 0.720. The molecule has 6 heteroatoms. The molecule has 1 fully saturated rings. The SMILES string of the molecule is O=C1N[C@@H](Cc2ccccc2)C(=O)N1Cc1cc(-c2ccccc2)on1. The summed E-state index contributed by atoms with van der Waals surface area (Å²) in [5.41, 5.74) is 2.43. The fourth-order valence-electron chi connectivity index (χ4n) is 3.00. The number of hydrogen-bond acceptors (Lipinski definition) is 4. The van der Waals surface area contributed by atoms with Gasteiger partial charge in [-0.1, -0.05) is 65.8 Å². The van der Waals surface area contributed by atoms with Crippen LogP contribution in [-0.2, 0) is 17.8 Å². The number of benzene rings is 2. The fourth-order valence-corrected chi connectivity index (χ4v) is 3.00. The van der Waals surface area contributed by atoms with Gasteiger partial charge >= 0.3 is 6.03 Å². The van der Waals surface area contributed by atoms with Crippen LogP contribution in [0, 0.1) is 0 Å². The van der Waals surface area contributed by atoms with Gasteiger partial charge in [-0.2, -0.15) is 0 Å². The van der Waals surface area contributed by atoms with Crippen molar-refractivity contribution < 1.29 is 14.1 Å². The van der Waals surface area contributed by atoms with Crippen LogP contribution in [-0.4, -0.2) is 28.0 Å². The van der Waals surface area contributed by atoms with Crippen molar-refractivity contribution in [3.8, 4) is 11.3 Å². The first-order valence-electron chi connectivity index (χ1n) is 8.37. The van der Waals surface area contributed by atoms with E-state index in [1.807, 2.05) is 60.7 Å². The van der Waals surface area contributed by atoms with Crippen LogP contribution in [0.1, 0.15) is 11.3 Å². The lowest BCUT2D eigenvalue weighted by Gasteiger charge is -2.11. The van der Waals surface area contributed by atoms with Gasteiger partial charge in [-0.3, -0.25) is 9.69 Å². The standard InChI is InChI=1S/C20H17N3O3/c24-19-17(11-14-7-3-1-4-8-14)21-20(25)23(19)13-16-12-18(26-22-16)15-9-5-2-6-10-15/h1-10,12,17H,11,13H2,(H,21,25)/t17-/m0/s1. The predicted molar refractivity (Wildman–Crippen MR) is 95.0 cm³/mol. The van der Waals surface area contributed by atoms with Gasteiger partial charge in [-0.15, -0.1) is 0 Å². The molecule has 0 radical (unpaired) electrons. The molecule has 4 rings (SSSR count). The number of amides is 3. The number of carbonyl (C=O) groups excluding carboxylic acids is 2. The molecule has 2 aromatic carbocycles. The Morgan fingerprint density at radius 3 is 2.42 bits per heavy atom. The van der Waals surface area contributed by atoms with Crippen molar-refractivity contribution in [1.29, 1.82) is 0 Å². The molecule has 3 amide bonds. The molecule has 130 valence electrons. The van der Waals surface area contributed by atoms with E-state index in [0.29, 0.717) is 17.9 Å². The largest absolute Gasteiger partial charge is 0.356 e. The summed E-state index contributed by atoms with van der Waals surface area (Å²) in [7, 11) is 0. The van der Waals surface area contributed by atoms with Gasteiger partial charge in [0.25, 0.3) is 5.91 Å². The van der Waals surface area contributed by atoms with Gasteiger partial charge in [0.15, 0.2) is 5.76 Å². The minimum Gasteiger partial charge on any atom is -0.356 e. The molecule has 0 unspecified atom stereocenters. The van der Waals surface area contributed by atoms with E-state index < -0.39 is 12.1 Å². The van der Waals surface area contributed by atoms with Crippen LogP contribution in [0.5, 0.6) is 0 Å². The highest BCUT2D eigenvalue weighted by Gasteiger charge is 2.38. The van der Waals surface area contributed by atoms with E-state index in [4.69, 9.17) is 4.52 Å². The third-order valence-corrected chi connectivity index (χ3v) is 4.33. The van der Waals surface area contributed by atoms with Gasteiger partial charge in [-0.25, -0.2) is 4.79 Å². The smallest absolute Gasteiger partial charge is 0.325 e. The third kappa shape index (κ3) is 3.21.